The van der Waals surface area contributed by atoms with Gasteiger partial charge in [-0.25, -0.2) is 0 Å². The van der Waals surface area contributed by atoms with Crippen molar-refractivity contribution < 1.29 is 0 Å². The third-order valence-electron chi connectivity index (χ3n) is 4.75. The number of nitrogens with one attached hydrogen (secondary N) is 1. The van der Waals surface area contributed by atoms with E-state index in [0.717, 1.165) is 23.2 Å². The maximum absolute atomic E-state index is 3.34. The van der Waals surface area contributed by atoms with Gasteiger partial charge in [0, 0.05) is 0 Å². The lowest BCUT2D eigenvalue weighted by molar-refractivity contribution is 0.279. The van der Waals surface area contributed by atoms with Crippen LogP contribution in [0.15, 0.2) is 0 Å². The van der Waals surface area contributed by atoms with Crippen LogP contribution in [0.2, 0.25) is 0 Å². The van der Waals surface area contributed by atoms with E-state index in [9.17, 15) is 0 Å². The molecule has 1 nitrogen and oxygen atoms in total. The lowest BCUT2D eigenvalue weighted by atomic mass is 9.84. The van der Waals surface area contributed by atoms with Gasteiger partial charge in [-0.15, -0.1) is 0 Å². The van der Waals surface area contributed by atoms with E-state index in [1.165, 1.54) is 6.54 Å². The smallest absolute Gasteiger partial charge is 0.00179 e. The van der Waals surface area contributed by atoms with Gasteiger partial charge in [0.05, 0.1) is 0 Å². The van der Waals surface area contributed by atoms with Crippen LogP contribution in [0.25, 0.3) is 0 Å². The van der Waals surface area contributed by atoms with Crippen molar-refractivity contribution in [1.29, 1.82) is 0 Å². The van der Waals surface area contributed by atoms with Crippen LogP contribution in [0.4, 0.5) is 0 Å². The van der Waals surface area contributed by atoms with Gasteiger partial charge >= 0.3 is 0 Å². The Hall–Kier alpha value is -0.0400. The molecule has 1 N–H and O–H groups in total. The molecule has 0 amide bonds. The summed E-state index contributed by atoms with van der Waals surface area (Å²) in [4.78, 5) is 0. The fourth-order valence-corrected chi connectivity index (χ4v) is 4.16. The first-order valence-corrected chi connectivity index (χ1v) is 5.50. The van der Waals surface area contributed by atoms with E-state index in [1.807, 2.05) is 0 Å². The van der Waals surface area contributed by atoms with E-state index in [2.05, 4.69) is 12.4 Å². The molecule has 0 aliphatic heterocycles. The molecule has 4 unspecified atom stereocenters. The summed E-state index contributed by atoms with van der Waals surface area (Å²) >= 11 is 0. The van der Waals surface area contributed by atoms with Gasteiger partial charge in [-0.2, -0.15) is 0 Å². The topological polar surface area (TPSA) is 12.0 Å². The minimum Gasteiger partial charge on any atom is -0.319 e. The van der Waals surface area contributed by atoms with Crippen molar-refractivity contribution in [3.8, 4) is 0 Å². The Labute approximate surface area is 74.9 Å². The van der Waals surface area contributed by atoms with Crippen molar-refractivity contribution in [2.24, 2.45) is 23.2 Å². The van der Waals surface area contributed by atoms with Crippen LogP contribution in [-0.4, -0.2) is 13.6 Å². The summed E-state index contributed by atoms with van der Waals surface area (Å²) in [7, 11) is 2.10. The summed E-state index contributed by atoms with van der Waals surface area (Å²) in [5.74, 6) is 3.33. The first-order chi connectivity index (χ1) is 5.85. The maximum Gasteiger partial charge on any atom is -0.00179 e. The largest absolute Gasteiger partial charge is 0.319 e. The fraction of sp³-hybridized carbons (Fsp3) is 1.00. The molecule has 4 atom stereocenters. The van der Waals surface area contributed by atoms with Crippen LogP contribution < -0.4 is 5.32 Å². The van der Waals surface area contributed by atoms with Crippen molar-refractivity contribution in [2.45, 2.75) is 32.1 Å². The second kappa shape index (κ2) is 2.25. The Bertz CT molecular complexity index is 201. The number of rotatable bonds is 2. The predicted molar refractivity (Wildman–Crippen MR) is 49.9 cm³/mol. The van der Waals surface area contributed by atoms with Crippen LogP contribution >= 0.6 is 0 Å². The average molecular weight is 165 g/mol. The Morgan fingerprint density at radius 1 is 1.33 bits per heavy atom. The molecular weight excluding hydrogens is 146 g/mol. The molecule has 3 fully saturated rings. The molecule has 0 aromatic rings. The zero-order valence-electron chi connectivity index (χ0n) is 7.97. The molecule has 0 heterocycles. The van der Waals surface area contributed by atoms with Crippen molar-refractivity contribution in [3.63, 3.8) is 0 Å². The second-order valence-corrected chi connectivity index (χ2v) is 5.27. The van der Waals surface area contributed by atoms with Crippen molar-refractivity contribution >= 4 is 0 Å². The molecule has 3 saturated carbocycles. The van der Waals surface area contributed by atoms with Gasteiger partial charge in [0.2, 0.25) is 0 Å². The van der Waals surface area contributed by atoms with E-state index in [-0.39, 0.29) is 0 Å². The quantitative estimate of drug-likeness (QED) is 0.660. The highest BCUT2D eigenvalue weighted by Gasteiger charge is 2.63. The Morgan fingerprint density at radius 2 is 2.25 bits per heavy atom. The first kappa shape index (κ1) is 7.37. The van der Waals surface area contributed by atoms with Gasteiger partial charge in [-0.1, -0.05) is 6.42 Å². The number of hydrogen-bond acceptors (Lipinski definition) is 1. The minimum absolute atomic E-state index is 0.867. The summed E-state index contributed by atoms with van der Waals surface area (Å²) in [5.41, 5.74) is 0.867. The van der Waals surface area contributed by atoms with E-state index in [1.54, 1.807) is 32.1 Å². The van der Waals surface area contributed by atoms with Crippen LogP contribution in [-0.2, 0) is 0 Å². The van der Waals surface area contributed by atoms with Gasteiger partial charge in [-0.3, -0.25) is 0 Å². The van der Waals surface area contributed by atoms with Crippen molar-refractivity contribution in [2.75, 3.05) is 13.6 Å². The molecular formula is C11H19N. The van der Waals surface area contributed by atoms with E-state index < -0.39 is 0 Å². The average Bonchev–Trinajstić information content (AvgIpc) is 2.50. The Balaban J connectivity index is 1.72. The summed E-state index contributed by atoms with van der Waals surface area (Å²) < 4.78 is 0. The molecule has 0 aromatic heterocycles. The summed E-state index contributed by atoms with van der Waals surface area (Å²) in [6, 6.07) is 0. The first-order valence-electron chi connectivity index (χ1n) is 5.50. The highest BCUT2D eigenvalue weighted by atomic mass is 14.9. The minimum atomic E-state index is 0.867. The van der Waals surface area contributed by atoms with Gasteiger partial charge in [0.15, 0.2) is 0 Å². The van der Waals surface area contributed by atoms with Gasteiger partial charge in [0.25, 0.3) is 0 Å². The van der Waals surface area contributed by atoms with Gasteiger partial charge in [-0.05, 0) is 62.4 Å². The molecule has 1 heteroatoms. The molecule has 1 spiro atoms. The lowest BCUT2D eigenvalue weighted by Crippen LogP contribution is -2.19. The third kappa shape index (κ3) is 0.783. The molecule has 0 radical (unpaired) electrons. The summed E-state index contributed by atoms with van der Waals surface area (Å²) in [6.07, 6.45) is 7.84. The van der Waals surface area contributed by atoms with Crippen LogP contribution in [0, 0.1) is 23.2 Å². The van der Waals surface area contributed by atoms with Crippen LogP contribution in [0.1, 0.15) is 32.1 Å². The zero-order chi connectivity index (χ0) is 8.18. The maximum atomic E-state index is 3.34. The van der Waals surface area contributed by atoms with Gasteiger partial charge < -0.3 is 5.32 Å². The van der Waals surface area contributed by atoms with Crippen LogP contribution in [0.5, 0.6) is 0 Å². The molecule has 0 saturated heterocycles. The Kier molecular flexibility index (Phi) is 1.39. The number of fused-ring (bicyclic) bond motifs is 3. The zero-order valence-corrected chi connectivity index (χ0v) is 7.97. The fourth-order valence-electron chi connectivity index (χ4n) is 4.16. The molecule has 0 aromatic carbocycles. The van der Waals surface area contributed by atoms with E-state index in [4.69, 9.17) is 0 Å². The highest BCUT2D eigenvalue weighted by Crippen LogP contribution is 2.71. The summed E-state index contributed by atoms with van der Waals surface area (Å²) in [6.45, 7) is 1.28. The lowest BCUT2D eigenvalue weighted by Gasteiger charge is -2.22. The van der Waals surface area contributed by atoms with E-state index in [0.29, 0.717) is 0 Å². The normalized spacial score (nSPS) is 55.2. The standard InChI is InChI=1S/C11H19N/c1-12-7-10-6-11(10)5-8-2-3-9(11)4-8/h8-10,12H,2-7H2,1H3. The third-order valence-corrected chi connectivity index (χ3v) is 4.75. The monoisotopic (exact) mass is 165 g/mol. The summed E-state index contributed by atoms with van der Waals surface area (Å²) in [5, 5.41) is 3.34. The van der Waals surface area contributed by atoms with Crippen molar-refractivity contribution in [3.05, 3.63) is 0 Å². The Morgan fingerprint density at radius 3 is 2.83 bits per heavy atom. The van der Waals surface area contributed by atoms with E-state index >= 15 is 0 Å². The molecule has 2 bridgehead atoms. The number of hydrogen-bond donors (Lipinski definition) is 1. The van der Waals surface area contributed by atoms with Crippen molar-refractivity contribution in [1.82, 2.24) is 5.32 Å². The highest BCUT2D eigenvalue weighted by molar-refractivity contribution is 5.13. The van der Waals surface area contributed by atoms with Gasteiger partial charge in [0.1, 0.15) is 0 Å². The molecule has 12 heavy (non-hydrogen) atoms. The SMILES string of the molecule is CNCC1CC12CC1CCC2C1. The molecule has 3 aliphatic rings. The van der Waals surface area contributed by atoms with Crippen LogP contribution in [0.3, 0.4) is 0 Å². The molecule has 3 aliphatic carbocycles. The molecule has 3 rings (SSSR count). The molecule has 68 valence electrons. The predicted octanol–water partition coefficient (Wildman–Crippen LogP) is 2.03. The second-order valence-electron chi connectivity index (χ2n) is 5.27.